The summed E-state index contributed by atoms with van der Waals surface area (Å²) in [7, 11) is 0. The Bertz CT molecular complexity index is 475. The number of hydrogen-bond acceptors (Lipinski definition) is 2. The molecule has 0 spiro atoms. The van der Waals surface area contributed by atoms with Crippen molar-refractivity contribution in [3.05, 3.63) is 34.9 Å². The first-order chi connectivity index (χ1) is 8.35. The van der Waals surface area contributed by atoms with Gasteiger partial charge in [-0.1, -0.05) is 29.8 Å². The monoisotopic (exact) mass is 269 g/mol. The van der Waals surface area contributed by atoms with E-state index < -0.39 is 11.5 Å². The van der Waals surface area contributed by atoms with E-state index in [1.165, 1.54) is 18.7 Å². The predicted octanol–water partition coefficient (Wildman–Crippen LogP) is 2.51. The maximum atomic E-state index is 11.6. The fraction of sp³-hybridized carbons (Fsp3) is 0.385. The summed E-state index contributed by atoms with van der Waals surface area (Å²) < 4.78 is 0. The zero-order chi connectivity index (χ0) is 13.9. The highest BCUT2D eigenvalue weighted by Crippen LogP contribution is 2.33. The molecule has 98 valence electrons. The van der Waals surface area contributed by atoms with Crippen molar-refractivity contribution in [2.75, 3.05) is 6.54 Å². The van der Waals surface area contributed by atoms with Gasteiger partial charge in [-0.15, -0.1) is 0 Å². The molecule has 5 heteroatoms. The lowest BCUT2D eigenvalue weighted by molar-refractivity contribution is -0.158. The van der Waals surface area contributed by atoms with E-state index in [1.807, 2.05) is 0 Å². The molecule has 0 radical (unpaired) electrons. The zero-order valence-electron chi connectivity index (χ0n) is 10.6. The second kappa shape index (κ2) is 5.40. The van der Waals surface area contributed by atoms with E-state index >= 15 is 0 Å². The second-order valence-corrected chi connectivity index (χ2v) is 4.53. The Balaban J connectivity index is 3.45. The smallest absolute Gasteiger partial charge is 0.334 e. The topological polar surface area (TPSA) is 57.6 Å². The van der Waals surface area contributed by atoms with E-state index in [9.17, 15) is 14.7 Å². The number of rotatable bonds is 4. The Hall–Kier alpha value is -1.55. The number of carbonyl (C=O) groups is 2. The molecule has 1 amide bonds. The molecular weight excluding hydrogens is 254 g/mol. The summed E-state index contributed by atoms with van der Waals surface area (Å²) >= 11 is 6.06. The average molecular weight is 270 g/mol. The average Bonchev–Trinajstić information content (AvgIpc) is 2.29. The van der Waals surface area contributed by atoms with E-state index in [-0.39, 0.29) is 5.91 Å². The van der Waals surface area contributed by atoms with Crippen LogP contribution < -0.4 is 0 Å². The quantitative estimate of drug-likeness (QED) is 0.914. The van der Waals surface area contributed by atoms with Gasteiger partial charge in [0.25, 0.3) is 0 Å². The van der Waals surface area contributed by atoms with Crippen LogP contribution in [0.5, 0.6) is 0 Å². The van der Waals surface area contributed by atoms with E-state index in [0.29, 0.717) is 17.1 Å². The Morgan fingerprint density at radius 2 is 1.94 bits per heavy atom. The van der Waals surface area contributed by atoms with Crippen LogP contribution in [0.2, 0.25) is 5.02 Å². The summed E-state index contributed by atoms with van der Waals surface area (Å²) in [6.07, 6.45) is 0. The van der Waals surface area contributed by atoms with Crippen molar-refractivity contribution in [1.29, 1.82) is 0 Å². The van der Waals surface area contributed by atoms with Crippen LogP contribution in [0.15, 0.2) is 24.3 Å². The lowest BCUT2D eigenvalue weighted by Crippen LogP contribution is -2.52. The van der Waals surface area contributed by atoms with Crippen LogP contribution in [0.4, 0.5) is 0 Å². The summed E-state index contributed by atoms with van der Waals surface area (Å²) in [5, 5.41) is 9.84. The third kappa shape index (κ3) is 2.34. The molecule has 1 aromatic carbocycles. The number of aliphatic carboxylic acids is 1. The number of benzene rings is 1. The van der Waals surface area contributed by atoms with Gasteiger partial charge in [0.2, 0.25) is 5.91 Å². The van der Waals surface area contributed by atoms with Crippen LogP contribution in [0, 0.1) is 0 Å². The highest BCUT2D eigenvalue weighted by atomic mass is 35.5. The van der Waals surface area contributed by atoms with Crippen molar-refractivity contribution >= 4 is 23.5 Å². The fourth-order valence-electron chi connectivity index (χ4n) is 2.09. The lowest BCUT2D eigenvalue weighted by atomic mass is 9.89. The van der Waals surface area contributed by atoms with Gasteiger partial charge in [0, 0.05) is 24.1 Å². The maximum absolute atomic E-state index is 11.6. The molecule has 1 N–H and O–H groups in total. The molecule has 0 aliphatic carbocycles. The largest absolute Gasteiger partial charge is 0.479 e. The minimum absolute atomic E-state index is 0.295. The van der Waals surface area contributed by atoms with Gasteiger partial charge in [-0.25, -0.2) is 4.79 Å². The molecule has 1 aromatic rings. The van der Waals surface area contributed by atoms with Crippen LogP contribution in [0.25, 0.3) is 0 Å². The molecule has 0 heterocycles. The molecule has 0 saturated heterocycles. The van der Waals surface area contributed by atoms with Crippen LogP contribution >= 0.6 is 11.6 Å². The van der Waals surface area contributed by atoms with Crippen LogP contribution in [-0.4, -0.2) is 28.4 Å². The van der Waals surface area contributed by atoms with Crippen molar-refractivity contribution in [1.82, 2.24) is 4.90 Å². The molecule has 18 heavy (non-hydrogen) atoms. The Kier molecular flexibility index (Phi) is 4.35. The molecule has 0 saturated carbocycles. The molecule has 0 aliphatic rings. The minimum atomic E-state index is -1.46. The van der Waals surface area contributed by atoms with Gasteiger partial charge in [0.1, 0.15) is 0 Å². The molecule has 4 nitrogen and oxygen atoms in total. The summed E-state index contributed by atoms with van der Waals surface area (Å²) in [6.45, 7) is 4.87. The van der Waals surface area contributed by atoms with Crippen molar-refractivity contribution < 1.29 is 14.7 Å². The first-order valence-electron chi connectivity index (χ1n) is 5.62. The third-order valence-corrected chi connectivity index (χ3v) is 3.38. The van der Waals surface area contributed by atoms with E-state index in [4.69, 9.17) is 11.6 Å². The number of nitrogens with zero attached hydrogens (tertiary/aromatic N) is 1. The second-order valence-electron chi connectivity index (χ2n) is 4.12. The first kappa shape index (κ1) is 14.5. The Morgan fingerprint density at radius 3 is 2.33 bits per heavy atom. The van der Waals surface area contributed by atoms with Crippen molar-refractivity contribution in [2.45, 2.75) is 26.3 Å². The van der Waals surface area contributed by atoms with Crippen LogP contribution in [-0.2, 0) is 15.1 Å². The third-order valence-electron chi connectivity index (χ3n) is 3.05. The molecule has 1 atom stereocenters. The van der Waals surface area contributed by atoms with Crippen LogP contribution in [0.3, 0.4) is 0 Å². The highest BCUT2D eigenvalue weighted by Gasteiger charge is 2.43. The fourth-order valence-corrected chi connectivity index (χ4v) is 2.41. The number of carbonyl (C=O) groups excluding carboxylic acids is 1. The van der Waals surface area contributed by atoms with Crippen molar-refractivity contribution in [3.8, 4) is 0 Å². The molecule has 1 rings (SSSR count). The minimum Gasteiger partial charge on any atom is -0.479 e. The molecule has 0 aliphatic heterocycles. The van der Waals surface area contributed by atoms with Gasteiger partial charge in [-0.3, -0.25) is 4.79 Å². The van der Waals surface area contributed by atoms with Crippen molar-refractivity contribution in [3.63, 3.8) is 0 Å². The predicted molar refractivity (Wildman–Crippen MR) is 69.5 cm³/mol. The zero-order valence-corrected chi connectivity index (χ0v) is 11.4. The van der Waals surface area contributed by atoms with Gasteiger partial charge < -0.3 is 10.0 Å². The summed E-state index contributed by atoms with van der Waals surface area (Å²) in [4.78, 5) is 24.5. The van der Waals surface area contributed by atoms with E-state index in [1.54, 1.807) is 31.2 Å². The number of carboxylic acid groups (broad SMARTS) is 1. The van der Waals surface area contributed by atoms with Gasteiger partial charge in [-0.05, 0) is 19.9 Å². The van der Waals surface area contributed by atoms with E-state index in [2.05, 4.69) is 0 Å². The van der Waals surface area contributed by atoms with Crippen molar-refractivity contribution in [2.24, 2.45) is 0 Å². The summed E-state index contributed by atoms with van der Waals surface area (Å²) in [6, 6.07) is 6.67. The molecule has 0 fully saturated rings. The lowest BCUT2D eigenvalue weighted by Gasteiger charge is -2.37. The standard InChI is InChI=1S/C13H16ClNO3/c1-4-15(9(2)16)13(3,12(17)18)10-7-5-6-8-11(10)14/h5-8H,4H2,1-3H3,(H,17,18). The van der Waals surface area contributed by atoms with Gasteiger partial charge in [0.05, 0.1) is 0 Å². The Morgan fingerprint density at radius 1 is 1.39 bits per heavy atom. The van der Waals surface area contributed by atoms with Gasteiger partial charge in [-0.2, -0.15) is 0 Å². The normalized spacial score (nSPS) is 13.8. The number of likely N-dealkylation sites (N-methyl/N-ethyl adjacent to an activating group) is 1. The maximum Gasteiger partial charge on any atom is 0.334 e. The number of hydrogen-bond donors (Lipinski definition) is 1. The Labute approximate surface area is 111 Å². The van der Waals surface area contributed by atoms with E-state index in [0.717, 1.165) is 0 Å². The van der Waals surface area contributed by atoms with Gasteiger partial charge >= 0.3 is 5.97 Å². The molecule has 0 bridgehead atoms. The molecule has 1 unspecified atom stereocenters. The van der Waals surface area contributed by atoms with Gasteiger partial charge in [0.15, 0.2) is 5.54 Å². The molecular formula is C13H16ClNO3. The number of halogens is 1. The van der Waals surface area contributed by atoms with Crippen LogP contribution in [0.1, 0.15) is 26.3 Å². The number of carboxylic acids is 1. The summed E-state index contributed by atoms with van der Waals surface area (Å²) in [5.74, 6) is -1.41. The summed E-state index contributed by atoms with van der Waals surface area (Å²) in [5.41, 5.74) is -1.05. The first-order valence-corrected chi connectivity index (χ1v) is 6.00. The SMILES string of the molecule is CCN(C(C)=O)C(C)(C(=O)O)c1ccccc1Cl. The highest BCUT2D eigenvalue weighted by molar-refractivity contribution is 6.31. The molecule has 0 aromatic heterocycles. The number of amides is 1.